The van der Waals surface area contributed by atoms with Crippen LogP contribution in [-0.4, -0.2) is 17.5 Å². The summed E-state index contributed by atoms with van der Waals surface area (Å²) in [5.41, 5.74) is 0.988. The SMILES string of the molecule is CCC1=NCC(CC)=C(O)N1. The van der Waals surface area contributed by atoms with Crippen molar-refractivity contribution in [1.82, 2.24) is 5.32 Å². The lowest BCUT2D eigenvalue weighted by atomic mass is 10.2. The van der Waals surface area contributed by atoms with Crippen molar-refractivity contribution in [2.24, 2.45) is 4.99 Å². The van der Waals surface area contributed by atoms with Gasteiger partial charge in [0.25, 0.3) is 0 Å². The number of hydrogen-bond donors (Lipinski definition) is 2. The van der Waals surface area contributed by atoms with Crippen LogP contribution in [0.1, 0.15) is 26.7 Å². The Morgan fingerprint density at radius 2 is 2.18 bits per heavy atom. The van der Waals surface area contributed by atoms with Crippen molar-refractivity contribution in [2.75, 3.05) is 6.54 Å². The van der Waals surface area contributed by atoms with Crippen LogP contribution in [0.5, 0.6) is 0 Å². The van der Waals surface area contributed by atoms with Crippen molar-refractivity contribution in [1.29, 1.82) is 0 Å². The standard InChI is InChI=1S/C8H14N2O/c1-3-6-5-9-7(4-2)10-8(6)11/h11H,3-5H2,1-2H3,(H,9,10). The number of rotatable bonds is 2. The second-order valence-corrected chi connectivity index (χ2v) is 2.55. The van der Waals surface area contributed by atoms with Crippen LogP contribution in [0, 0.1) is 0 Å². The molecule has 0 saturated carbocycles. The molecular weight excluding hydrogens is 140 g/mol. The Kier molecular flexibility index (Phi) is 2.52. The molecule has 3 nitrogen and oxygen atoms in total. The average Bonchev–Trinajstić information content (AvgIpc) is 2.04. The van der Waals surface area contributed by atoms with Crippen molar-refractivity contribution < 1.29 is 5.11 Å². The van der Waals surface area contributed by atoms with E-state index in [9.17, 15) is 5.11 Å². The Bertz CT molecular complexity index is 206. The fourth-order valence-electron chi connectivity index (χ4n) is 1.01. The minimum Gasteiger partial charge on any atom is -0.495 e. The van der Waals surface area contributed by atoms with Crippen LogP contribution in [0.25, 0.3) is 0 Å². The van der Waals surface area contributed by atoms with Crippen LogP contribution in [0.2, 0.25) is 0 Å². The molecule has 1 aliphatic rings. The minimum absolute atomic E-state index is 0.305. The zero-order chi connectivity index (χ0) is 8.27. The van der Waals surface area contributed by atoms with Crippen LogP contribution >= 0.6 is 0 Å². The highest BCUT2D eigenvalue weighted by atomic mass is 16.3. The lowest BCUT2D eigenvalue weighted by Gasteiger charge is -2.15. The average molecular weight is 154 g/mol. The van der Waals surface area contributed by atoms with Crippen molar-refractivity contribution >= 4 is 5.84 Å². The lowest BCUT2D eigenvalue weighted by molar-refractivity contribution is 0.373. The minimum atomic E-state index is 0.305. The van der Waals surface area contributed by atoms with Gasteiger partial charge in [-0.2, -0.15) is 0 Å². The number of aliphatic imine (C=N–C) groups is 1. The fraction of sp³-hybridized carbons (Fsp3) is 0.625. The van der Waals surface area contributed by atoms with E-state index in [2.05, 4.69) is 10.3 Å². The maximum atomic E-state index is 9.36. The molecular formula is C8H14N2O. The first-order chi connectivity index (χ1) is 5.27. The molecule has 1 heterocycles. The van der Waals surface area contributed by atoms with Crippen LogP contribution < -0.4 is 5.32 Å². The third-order valence-electron chi connectivity index (χ3n) is 1.82. The number of aliphatic hydroxyl groups excluding tert-OH is 1. The van der Waals surface area contributed by atoms with Gasteiger partial charge in [-0.15, -0.1) is 0 Å². The first-order valence-electron chi connectivity index (χ1n) is 3.99. The van der Waals surface area contributed by atoms with E-state index >= 15 is 0 Å². The van der Waals surface area contributed by atoms with Crippen LogP contribution in [-0.2, 0) is 0 Å². The van der Waals surface area contributed by atoms with Crippen molar-refractivity contribution in [3.8, 4) is 0 Å². The van der Waals surface area contributed by atoms with E-state index in [1.807, 2.05) is 13.8 Å². The molecule has 0 aromatic heterocycles. The van der Waals surface area contributed by atoms with Gasteiger partial charge in [-0.25, -0.2) is 0 Å². The third kappa shape index (κ3) is 1.73. The zero-order valence-corrected chi connectivity index (χ0v) is 7.02. The predicted molar refractivity (Wildman–Crippen MR) is 45.7 cm³/mol. The second-order valence-electron chi connectivity index (χ2n) is 2.55. The Morgan fingerprint density at radius 3 is 2.64 bits per heavy atom. The summed E-state index contributed by atoms with van der Waals surface area (Å²) in [7, 11) is 0. The summed E-state index contributed by atoms with van der Waals surface area (Å²) in [4.78, 5) is 4.24. The quantitative estimate of drug-likeness (QED) is 0.634. The molecule has 0 fully saturated rings. The first-order valence-corrected chi connectivity index (χ1v) is 3.99. The summed E-state index contributed by atoms with van der Waals surface area (Å²) in [5, 5.41) is 12.2. The van der Waals surface area contributed by atoms with Gasteiger partial charge in [0, 0.05) is 12.0 Å². The van der Waals surface area contributed by atoms with Gasteiger partial charge >= 0.3 is 0 Å². The van der Waals surface area contributed by atoms with Gasteiger partial charge in [0.1, 0.15) is 5.84 Å². The van der Waals surface area contributed by atoms with Gasteiger partial charge < -0.3 is 10.4 Å². The van der Waals surface area contributed by atoms with Crippen LogP contribution in [0.4, 0.5) is 0 Å². The molecule has 0 aliphatic carbocycles. The van der Waals surface area contributed by atoms with Gasteiger partial charge in [0.05, 0.1) is 6.54 Å². The van der Waals surface area contributed by atoms with Gasteiger partial charge in [0.15, 0.2) is 5.88 Å². The van der Waals surface area contributed by atoms with E-state index in [1.165, 1.54) is 0 Å². The summed E-state index contributed by atoms with van der Waals surface area (Å²) in [6.45, 7) is 4.67. The maximum absolute atomic E-state index is 9.36. The lowest BCUT2D eigenvalue weighted by Crippen LogP contribution is -2.27. The maximum Gasteiger partial charge on any atom is 0.190 e. The van der Waals surface area contributed by atoms with E-state index in [4.69, 9.17) is 0 Å². The molecule has 1 rings (SSSR count). The molecule has 0 amide bonds. The predicted octanol–water partition coefficient (Wildman–Crippen LogP) is 1.58. The molecule has 0 radical (unpaired) electrons. The Hall–Kier alpha value is -0.990. The third-order valence-corrected chi connectivity index (χ3v) is 1.82. The second kappa shape index (κ2) is 3.42. The van der Waals surface area contributed by atoms with Crippen molar-refractivity contribution in [3.63, 3.8) is 0 Å². The molecule has 0 atom stereocenters. The highest BCUT2D eigenvalue weighted by Crippen LogP contribution is 2.09. The summed E-state index contributed by atoms with van der Waals surface area (Å²) in [6.07, 6.45) is 1.71. The van der Waals surface area contributed by atoms with Gasteiger partial charge in [0.2, 0.25) is 0 Å². The normalized spacial score (nSPS) is 17.8. The monoisotopic (exact) mass is 154 g/mol. The zero-order valence-electron chi connectivity index (χ0n) is 7.02. The van der Waals surface area contributed by atoms with E-state index in [0.29, 0.717) is 12.4 Å². The molecule has 0 spiro atoms. The highest BCUT2D eigenvalue weighted by Gasteiger charge is 2.10. The number of nitrogens with zero attached hydrogens (tertiary/aromatic N) is 1. The largest absolute Gasteiger partial charge is 0.495 e. The van der Waals surface area contributed by atoms with Gasteiger partial charge in [-0.1, -0.05) is 13.8 Å². The Morgan fingerprint density at radius 1 is 1.45 bits per heavy atom. The Labute approximate surface area is 66.8 Å². The van der Waals surface area contributed by atoms with Gasteiger partial charge in [-0.05, 0) is 6.42 Å². The molecule has 0 saturated heterocycles. The number of hydrogen-bond acceptors (Lipinski definition) is 3. The first kappa shape index (κ1) is 8.11. The molecule has 0 aromatic carbocycles. The van der Waals surface area contributed by atoms with Gasteiger partial charge in [-0.3, -0.25) is 4.99 Å². The van der Waals surface area contributed by atoms with Crippen LogP contribution in [0.15, 0.2) is 16.4 Å². The van der Waals surface area contributed by atoms with E-state index < -0.39 is 0 Å². The highest BCUT2D eigenvalue weighted by molar-refractivity contribution is 5.84. The molecule has 62 valence electrons. The van der Waals surface area contributed by atoms with Crippen molar-refractivity contribution in [3.05, 3.63) is 11.5 Å². The Balaban J connectivity index is 2.63. The molecule has 0 unspecified atom stereocenters. The smallest absolute Gasteiger partial charge is 0.190 e. The molecule has 0 bridgehead atoms. The van der Waals surface area contributed by atoms with Crippen molar-refractivity contribution in [2.45, 2.75) is 26.7 Å². The summed E-state index contributed by atoms with van der Waals surface area (Å²) < 4.78 is 0. The fourth-order valence-corrected chi connectivity index (χ4v) is 1.01. The van der Waals surface area contributed by atoms with E-state index in [-0.39, 0.29) is 0 Å². The van der Waals surface area contributed by atoms with E-state index in [1.54, 1.807) is 0 Å². The molecule has 11 heavy (non-hydrogen) atoms. The molecule has 0 aromatic rings. The summed E-state index contributed by atoms with van der Waals surface area (Å²) in [6, 6.07) is 0. The number of aliphatic hydroxyl groups is 1. The number of amidine groups is 1. The van der Waals surface area contributed by atoms with E-state index in [0.717, 1.165) is 24.3 Å². The summed E-state index contributed by atoms with van der Waals surface area (Å²) in [5.74, 6) is 1.18. The topological polar surface area (TPSA) is 44.6 Å². The molecule has 3 heteroatoms. The number of nitrogens with one attached hydrogen (secondary N) is 1. The molecule has 2 N–H and O–H groups in total. The summed E-state index contributed by atoms with van der Waals surface area (Å²) >= 11 is 0. The van der Waals surface area contributed by atoms with Crippen LogP contribution in [0.3, 0.4) is 0 Å². The molecule has 1 aliphatic heterocycles.